The first-order valence-electron chi connectivity index (χ1n) is 2.32. The van der Waals surface area contributed by atoms with Crippen molar-refractivity contribution in [3.8, 4) is 12.3 Å². The van der Waals surface area contributed by atoms with E-state index in [9.17, 15) is 0 Å². The smallest absolute Gasteiger partial charge is 0.0122 e. The Balaban J connectivity index is 3.46. The van der Waals surface area contributed by atoms with E-state index < -0.39 is 0 Å². The highest BCUT2D eigenvalue weighted by atomic mass is 13.6. The van der Waals surface area contributed by atoms with Crippen LogP contribution in [0.4, 0.5) is 0 Å². The second-order valence-corrected chi connectivity index (χ2v) is 1.15. The summed E-state index contributed by atoms with van der Waals surface area (Å²) < 4.78 is 0. The van der Waals surface area contributed by atoms with Crippen LogP contribution in [-0.4, -0.2) is 0 Å². The van der Waals surface area contributed by atoms with Crippen LogP contribution in [0.15, 0.2) is 37.0 Å². The average Bonchev–Trinajstić information content (AvgIpc) is 1.81. The van der Waals surface area contributed by atoms with Crippen LogP contribution in [0.2, 0.25) is 0 Å². The van der Waals surface area contributed by atoms with Crippen molar-refractivity contribution < 1.29 is 0 Å². The third kappa shape index (κ3) is 4.78. The molecule has 0 unspecified atom stereocenters. The van der Waals surface area contributed by atoms with Gasteiger partial charge in [0.05, 0.1) is 0 Å². The van der Waals surface area contributed by atoms with E-state index >= 15 is 0 Å². The van der Waals surface area contributed by atoms with Crippen molar-refractivity contribution in [2.45, 2.75) is 0 Å². The van der Waals surface area contributed by atoms with Gasteiger partial charge in [-0.25, -0.2) is 0 Å². The second kappa shape index (κ2) is 5.78. The van der Waals surface area contributed by atoms with Gasteiger partial charge in [0.25, 0.3) is 0 Å². The van der Waals surface area contributed by atoms with Crippen LogP contribution in [0.3, 0.4) is 0 Å². The minimum atomic E-state index is 1.62. The molecule has 0 N–H and O–H groups in total. The lowest BCUT2D eigenvalue weighted by atomic mass is 10.4. The molecule has 40 valence electrons. The van der Waals surface area contributed by atoms with Crippen LogP contribution >= 0.6 is 0 Å². The molecule has 0 spiro atoms. The molecule has 0 radical (unpaired) electrons. The van der Waals surface area contributed by atoms with E-state index in [-0.39, 0.29) is 0 Å². The predicted octanol–water partition coefficient (Wildman–Crippen LogP) is 1.92. The number of rotatable bonds is 2. The zero-order valence-corrected chi connectivity index (χ0v) is 4.67. The number of terminal acetylenes is 1. The summed E-state index contributed by atoms with van der Waals surface area (Å²) in [6, 6.07) is 0. The van der Waals surface area contributed by atoms with Crippen LogP contribution in [-0.2, 0) is 0 Å². The van der Waals surface area contributed by atoms with Crippen molar-refractivity contribution in [1.29, 1.82) is 0 Å². The minimum Gasteiger partial charge on any atom is -0.115 e. The molecule has 0 atom stereocenters. The summed E-state index contributed by atoms with van der Waals surface area (Å²) in [7, 11) is 0. The van der Waals surface area contributed by atoms with Crippen LogP contribution in [0.25, 0.3) is 0 Å². The van der Waals surface area contributed by atoms with E-state index in [1.165, 1.54) is 0 Å². The lowest BCUT2D eigenvalue weighted by molar-refractivity contribution is 1.94. The van der Waals surface area contributed by atoms with Crippen LogP contribution < -0.4 is 0 Å². The lowest BCUT2D eigenvalue weighted by Gasteiger charge is -1.65. The van der Waals surface area contributed by atoms with Gasteiger partial charge in [0.2, 0.25) is 0 Å². The maximum absolute atomic E-state index is 4.91. The van der Waals surface area contributed by atoms with Crippen molar-refractivity contribution in [3.05, 3.63) is 37.0 Å². The van der Waals surface area contributed by atoms with Gasteiger partial charge < -0.3 is 0 Å². The summed E-state index contributed by atoms with van der Waals surface area (Å²) in [4.78, 5) is 0. The molecule has 0 bridgehead atoms. The van der Waals surface area contributed by atoms with E-state index in [2.05, 4.69) is 12.5 Å². The molecule has 0 nitrogen and oxygen atoms in total. The van der Waals surface area contributed by atoms with Crippen LogP contribution in [0, 0.1) is 12.3 Å². The summed E-state index contributed by atoms with van der Waals surface area (Å²) in [6.45, 7) is 3.49. The molecule has 0 aromatic heterocycles. The van der Waals surface area contributed by atoms with Crippen molar-refractivity contribution >= 4 is 0 Å². The fourth-order valence-electron chi connectivity index (χ4n) is 0.254. The van der Waals surface area contributed by atoms with Gasteiger partial charge in [-0.1, -0.05) is 36.8 Å². The molecule has 0 rings (SSSR count). The summed E-state index contributed by atoms with van der Waals surface area (Å²) in [5, 5.41) is 0. The van der Waals surface area contributed by atoms with Crippen molar-refractivity contribution in [2.75, 3.05) is 0 Å². The van der Waals surface area contributed by atoms with Crippen LogP contribution in [0.5, 0.6) is 0 Å². The van der Waals surface area contributed by atoms with E-state index in [0.29, 0.717) is 0 Å². The quantitative estimate of drug-likeness (QED) is 0.371. The standard InChI is InChI=1S/C8H8/c1-3-5-7-8-6-4-2/h1,4-8H,2H2/b7-5+,8-6+. The molecule has 0 aliphatic rings. The highest BCUT2D eigenvalue weighted by molar-refractivity contribution is 5.17. The molecule has 0 heterocycles. The molecule has 8 heavy (non-hydrogen) atoms. The topological polar surface area (TPSA) is 0 Å². The molecule has 0 fully saturated rings. The molecular weight excluding hydrogens is 96.1 g/mol. The molecule has 0 amide bonds. The Morgan fingerprint density at radius 3 is 2.50 bits per heavy atom. The molecule has 0 heteroatoms. The first kappa shape index (κ1) is 6.78. The van der Waals surface area contributed by atoms with Gasteiger partial charge in [-0.15, -0.1) is 6.42 Å². The first-order chi connectivity index (χ1) is 3.91. The van der Waals surface area contributed by atoms with E-state index in [4.69, 9.17) is 6.42 Å². The predicted molar refractivity (Wildman–Crippen MR) is 37.3 cm³/mol. The summed E-state index contributed by atoms with van der Waals surface area (Å²) >= 11 is 0. The molecule has 0 saturated heterocycles. The maximum Gasteiger partial charge on any atom is -0.0122 e. The number of allylic oxidation sites excluding steroid dienone is 5. The van der Waals surface area contributed by atoms with Crippen molar-refractivity contribution in [2.24, 2.45) is 0 Å². The van der Waals surface area contributed by atoms with Gasteiger partial charge >= 0.3 is 0 Å². The Morgan fingerprint density at radius 2 is 2.00 bits per heavy atom. The van der Waals surface area contributed by atoms with Gasteiger partial charge in [-0.05, 0) is 6.08 Å². The Bertz CT molecular complexity index is 142. The molecule has 0 aromatic carbocycles. The minimum absolute atomic E-state index is 1.62. The molecular formula is C8H8. The van der Waals surface area contributed by atoms with Crippen LogP contribution in [0.1, 0.15) is 0 Å². The first-order valence-corrected chi connectivity index (χ1v) is 2.32. The molecule has 0 aromatic rings. The summed E-state index contributed by atoms with van der Waals surface area (Å²) in [5.74, 6) is 2.36. The Kier molecular flexibility index (Phi) is 4.90. The lowest BCUT2D eigenvalue weighted by Crippen LogP contribution is -1.45. The molecule has 0 saturated carbocycles. The highest BCUT2D eigenvalue weighted by Crippen LogP contribution is 1.74. The third-order valence-corrected chi connectivity index (χ3v) is 0.551. The van der Waals surface area contributed by atoms with Gasteiger partial charge in [0.15, 0.2) is 0 Å². The van der Waals surface area contributed by atoms with Gasteiger partial charge in [0, 0.05) is 0 Å². The normalized spacial score (nSPS) is 9.88. The zero-order valence-electron chi connectivity index (χ0n) is 4.67. The second-order valence-electron chi connectivity index (χ2n) is 1.15. The van der Waals surface area contributed by atoms with E-state index in [0.717, 1.165) is 0 Å². The summed E-state index contributed by atoms with van der Waals surface area (Å²) in [6.07, 6.45) is 13.7. The Morgan fingerprint density at radius 1 is 1.25 bits per heavy atom. The van der Waals surface area contributed by atoms with E-state index in [1.54, 1.807) is 18.2 Å². The Labute approximate surface area is 50.2 Å². The summed E-state index contributed by atoms with van der Waals surface area (Å²) in [5.41, 5.74) is 0. The SMILES string of the molecule is C#C/C=C/C=C/C=C. The van der Waals surface area contributed by atoms with Crippen molar-refractivity contribution in [1.82, 2.24) is 0 Å². The van der Waals surface area contributed by atoms with Gasteiger partial charge in [-0.2, -0.15) is 0 Å². The van der Waals surface area contributed by atoms with Gasteiger partial charge in [0.1, 0.15) is 0 Å². The fourth-order valence-corrected chi connectivity index (χ4v) is 0.254. The number of hydrogen-bond acceptors (Lipinski definition) is 0. The molecule has 0 aliphatic heterocycles. The molecule has 0 aliphatic carbocycles. The Hall–Kier alpha value is -1.22. The fraction of sp³-hybridized carbons (Fsp3) is 0. The largest absolute Gasteiger partial charge is 0.115 e. The zero-order chi connectivity index (χ0) is 6.24. The highest BCUT2D eigenvalue weighted by Gasteiger charge is 1.54. The maximum atomic E-state index is 4.91. The van der Waals surface area contributed by atoms with E-state index in [1.807, 2.05) is 12.2 Å². The average molecular weight is 104 g/mol. The monoisotopic (exact) mass is 104 g/mol. The third-order valence-electron chi connectivity index (χ3n) is 0.551. The van der Waals surface area contributed by atoms with Gasteiger partial charge in [-0.3, -0.25) is 0 Å². The van der Waals surface area contributed by atoms with Crippen molar-refractivity contribution in [3.63, 3.8) is 0 Å². The number of hydrogen-bond donors (Lipinski definition) is 0.